The first kappa shape index (κ1) is 20.8. The Kier molecular flexibility index (Phi) is 6.40. The average Bonchev–Trinajstić information content (AvgIpc) is 2.65. The van der Waals surface area contributed by atoms with E-state index in [0.717, 1.165) is 5.56 Å². The lowest BCUT2D eigenvalue weighted by Crippen LogP contribution is -2.52. The molecule has 1 aliphatic rings. The van der Waals surface area contributed by atoms with Gasteiger partial charge in [0, 0.05) is 7.05 Å². The predicted octanol–water partition coefficient (Wildman–Crippen LogP) is 4.59. The molecule has 144 valence electrons. The van der Waals surface area contributed by atoms with Gasteiger partial charge in [0.15, 0.2) is 5.11 Å². The molecule has 1 aliphatic heterocycles. The van der Waals surface area contributed by atoms with Crippen molar-refractivity contribution in [1.29, 1.82) is 0 Å². The molecule has 0 bridgehead atoms. The lowest BCUT2D eigenvalue weighted by Gasteiger charge is -2.25. The summed E-state index contributed by atoms with van der Waals surface area (Å²) in [5.41, 5.74) is 1.54. The molecule has 0 spiro atoms. The number of carbonyl (C=O) groups is 2. The summed E-state index contributed by atoms with van der Waals surface area (Å²) in [5, 5.41) is 3.50. The van der Waals surface area contributed by atoms with Crippen LogP contribution in [0.1, 0.15) is 11.1 Å². The zero-order valence-corrected chi connectivity index (χ0v) is 18.4. The van der Waals surface area contributed by atoms with E-state index in [0.29, 0.717) is 32.4 Å². The third-order valence-electron chi connectivity index (χ3n) is 3.95. The first-order valence-corrected chi connectivity index (χ1v) is 9.93. The van der Waals surface area contributed by atoms with Gasteiger partial charge in [0.2, 0.25) is 0 Å². The van der Waals surface area contributed by atoms with Crippen LogP contribution in [-0.2, 0) is 16.2 Å². The van der Waals surface area contributed by atoms with Crippen molar-refractivity contribution < 1.29 is 14.3 Å². The molecule has 0 atom stereocenters. The second-order valence-corrected chi connectivity index (χ2v) is 7.96. The summed E-state index contributed by atoms with van der Waals surface area (Å²) in [4.78, 5) is 25.5. The zero-order chi connectivity index (χ0) is 20.4. The van der Waals surface area contributed by atoms with E-state index >= 15 is 0 Å². The maximum Gasteiger partial charge on any atom is 0.265 e. The molecule has 0 aromatic heterocycles. The van der Waals surface area contributed by atoms with Gasteiger partial charge in [-0.1, -0.05) is 35.3 Å². The number of rotatable bonds is 4. The fourth-order valence-electron chi connectivity index (χ4n) is 2.43. The lowest BCUT2D eigenvalue weighted by atomic mass is 10.1. The number of carbonyl (C=O) groups excluding carboxylic acids is 2. The summed E-state index contributed by atoms with van der Waals surface area (Å²) in [6.07, 6.45) is 1.50. The van der Waals surface area contributed by atoms with Gasteiger partial charge >= 0.3 is 0 Å². The molecule has 0 unspecified atom stereocenters. The number of hydrogen-bond donors (Lipinski definition) is 1. The first-order chi connectivity index (χ1) is 13.3. The maximum atomic E-state index is 12.3. The number of benzene rings is 2. The molecule has 1 fully saturated rings. The molecular weight excluding hydrogens is 487 g/mol. The van der Waals surface area contributed by atoms with Crippen molar-refractivity contribution in [3.63, 3.8) is 0 Å². The molecule has 1 saturated heterocycles. The average molecular weight is 500 g/mol. The Morgan fingerprint density at radius 1 is 1.18 bits per heavy atom. The van der Waals surface area contributed by atoms with Crippen molar-refractivity contribution in [3.8, 4) is 5.75 Å². The number of halogens is 3. The number of ether oxygens (including phenoxy) is 1. The highest BCUT2D eigenvalue weighted by Crippen LogP contribution is 2.29. The summed E-state index contributed by atoms with van der Waals surface area (Å²) in [7, 11) is 1.51. The first-order valence-electron chi connectivity index (χ1n) is 7.97. The Bertz CT molecular complexity index is 1030. The van der Waals surface area contributed by atoms with E-state index in [2.05, 4.69) is 21.2 Å². The Morgan fingerprint density at radius 3 is 2.61 bits per heavy atom. The van der Waals surface area contributed by atoms with E-state index in [-0.39, 0.29) is 10.7 Å². The highest BCUT2D eigenvalue weighted by atomic mass is 79.9. The second-order valence-electron chi connectivity index (χ2n) is 5.91. The molecule has 9 heteroatoms. The number of thiocarbonyl (C=S) groups is 1. The molecule has 2 aromatic rings. The second kappa shape index (κ2) is 8.61. The molecule has 0 radical (unpaired) electrons. The largest absolute Gasteiger partial charge is 0.488 e. The monoisotopic (exact) mass is 498 g/mol. The number of nitrogens with zero attached hydrogens (tertiary/aromatic N) is 1. The quantitative estimate of drug-likeness (QED) is 0.379. The number of likely N-dealkylation sites (N-methyl/N-ethyl adjacent to an activating group) is 1. The van der Waals surface area contributed by atoms with Crippen LogP contribution < -0.4 is 10.1 Å². The summed E-state index contributed by atoms with van der Waals surface area (Å²) in [6.45, 7) is 0.305. The van der Waals surface area contributed by atoms with E-state index in [1.165, 1.54) is 18.0 Å². The third-order valence-corrected chi connectivity index (χ3v) is 5.68. The molecule has 2 aromatic carbocycles. The van der Waals surface area contributed by atoms with Gasteiger partial charge < -0.3 is 4.74 Å². The molecule has 5 nitrogen and oxygen atoms in total. The van der Waals surface area contributed by atoms with Crippen molar-refractivity contribution in [2.75, 3.05) is 7.05 Å². The van der Waals surface area contributed by atoms with Crippen LogP contribution in [0.25, 0.3) is 6.08 Å². The van der Waals surface area contributed by atoms with E-state index in [4.69, 9.17) is 40.2 Å². The molecule has 0 saturated carbocycles. The lowest BCUT2D eigenvalue weighted by molar-refractivity contribution is -0.128. The minimum atomic E-state index is -0.524. The van der Waals surface area contributed by atoms with Crippen LogP contribution in [0, 0.1) is 0 Å². The van der Waals surface area contributed by atoms with Crippen molar-refractivity contribution in [2.24, 2.45) is 0 Å². The molecule has 3 rings (SSSR count). The highest BCUT2D eigenvalue weighted by Gasteiger charge is 2.30. The van der Waals surface area contributed by atoms with Gasteiger partial charge in [0.25, 0.3) is 11.8 Å². The van der Waals surface area contributed by atoms with Gasteiger partial charge in [0.05, 0.1) is 14.5 Å². The van der Waals surface area contributed by atoms with Gasteiger partial charge in [-0.2, -0.15) is 0 Å². The molecule has 2 amide bonds. The predicted molar refractivity (Wildman–Crippen MR) is 116 cm³/mol. The summed E-state index contributed by atoms with van der Waals surface area (Å²) < 4.78 is 6.47. The SMILES string of the molecule is CN1C(=O)/C(=C/c2ccc(OCc3ccc(Cl)c(Cl)c3)c(Br)c2)C(=O)NC1=S. The molecule has 1 heterocycles. The summed E-state index contributed by atoms with van der Waals surface area (Å²) in [5.74, 6) is -0.375. The van der Waals surface area contributed by atoms with Gasteiger partial charge in [-0.3, -0.25) is 19.8 Å². The van der Waals surface area contributed by atoms with Crippen LogP contribution in [0.15, 0.2) is 46.4 Å². The van der Waals surface area contributed by atoms with E-state index in [9.17, 15) is 9.59 Å². The number of amides is 2. The van der Waals surface area contributed by atoms with Crippen LogP contribution in [0.5, 0.6) is 5.75 Å². The number of nitrogens with one attached hydrogen (secondary N) is 1. The van der Waals surface area contributed by atoms with Crippen molar-refractivity contribution in [1.82, 2.24) is 10.2 Å². The minimum absolute atomic E-state index is 0.00692. The van der Waals surface area contributed by atoms with E-state index in [1.54, 1.807) is 30.3 Å². The van der Waals surface area contributed by atoms with Gasteiger partial charge in [-0.15, -0.1) is 0 Å². The normalized spacial score (nSPS) is 15.8. The van der Waals surface area contributed by atoms with Crippen molar-refractivity contribution in [2.45, 2.75) is 6.61 Å². The third kappa shape index (κ3) is 4.55. The standard InChI is InChI=1S/C19H13BrCl2N2O3S/c1-24-18(26)12(17(25)23-19(24)28)6-10-3-5-16(13(20)7-10)27-9-11-2-4-14(21)15(22)8-11/h2-8H,9H2,1H3,(H,23,25,28)/b12-6+. The van der Waals surface area contributed by atoms with Crippen molar-refractivity contribution in [3.05, 3.63) is 67.6 Å². The summed E-state index contributed by atoms with van der Waals surface area (Å²) >= 11 is 20.3. The topological polar surface area (TPSA) is 58.6 Å². The van der Waals surface area contributed by atoms with Crippen LogP contribution in [0.2, 0.25) is 10.0 Å². The molecular formula is C19H13BrCl2N2O3S. The van der Waals surface area contributed by atoms with Crippen LogP contribution >= 0.6 is 51.3 Å². The Hall–Kier alpha value is -1.93. The summed E-state index contributed by atoms with van der Waals surface area (Å²) in [6, 6.07) is 10.5. The molecule has 0 aliphatic carbocycles. The minimum Gasteiger partial charge on any atom is -0.488 e. The fraction of sp³-hybridized carbons (Fsp3) is 0.105. The van der Waals surface area contributed by atoms with Gasteiger partial charge in [-0.05, 0) is 69.6 Å². The van der Waals surface area contributed by atoms with E-state index < -0.39 is 11.8 Å². The Balaban J connectivity index is 1.76. The fourth-order valence-corrected chi connectivity index (χ4v) is 3.43. The van der Waals surface area contributed by atoms with Crippen molar-refractivity contribution >= 4 is 74.4 Å². The van der Waals surface area contributed by atoms with Gasteiger partial charge in [0.1, 0.15) is 17.9 Å². The maximum absolute atomic E-state index is 12.3. The van der Waals surface area contributed by atoms with Crippen LogP contribution in [0.4, 0.5) is 0 Å². The zero-order valence-electron chi connectivity index (χ0n) is 14.5. The Labute approximate surface area is 185 Å². The van der Waals surface area contributed by atoms with Crippen LogP contribution in [-0.4, -0.2) is 28.9 Å². The number of hydrogen-bond acceptors (Lipinski definition) is 4. The van der Waals surface area contributed by atoms with Crippen LogP contribution in [0.3, 0.4) is 0 Å². The molecule has 28 heavy (non-hydrogen) atoms. The molecule has 1 N–H and O–H groups in total. The smallest absolute Gasteiger partial charge is 0.265 e. The van der Waals surface area contributed by atoms with Gasteiger partial charge in [-0.25, -0.2) is 0 Å². The van der Waals surface area contributed by atoms with E-state index in [1.807, 2.05) is 6.07 Å². The highest BCUT2D eigenvalue weighted by molar-refractivity contribution is 9.10. The Morgan fingerprint density at radius 2 is 1.93 bits per heavy atom.